The van der Waals surface area contributed by atoms with Crippen molar-refractivity contribution >= 4 is 23.2 Å². The SMILES string of the molecule is COc1cc(CC(=O)Nc2c(N)ncnc2N)cc(OC)c1OC. The van der Waals surface area contributed by atoms with Crippen LogP contribution in [0.25, 0.3) is 0 Å². The highest BCUT2D eigenvalue weighted by Crippen LogP contribution is 2.38. The summed E-state index contributed by atoms with van der Waals surface area (Å²) in [6, 6.07) is 3.38. The molecule has 0 saturated heterocycles. The molecule has 0 spiro atoms. The van der Waals surface area contributed by atoms with Crippen LogP contribution in [0, 0.1) is 0 Å². The largest absolute Gasteiger partial charge is 0.493 e. The molecule has 1 heterocycles. The minimum absolute atomic E-state index is 0.0461. The van der Waals surface area contributed by atoms with Crippen LogP contribution in [0.2, 0.25) is 0 Å². The van der Waals surface area contributed by atoms with Gasteiger partial charge >= 0.3 is 0 Å². The molecule has 0 radical (unpaired) electrons. The maximum atomic E-state index is 12.2. The van der Waals surface area contributed by atoms with Crippen molar-refractivity contribution in [1.29, 1.82) is 0 Å². The lowest BCUT2D eigenvalue weighted by Gasteiger charge is -2.14. The monoisotopic (exact) mass is 333 g/mol. The third-order valence-electron chi connectivity index (χ3n) is 3.26. The molecule has 0 fully saturated rings. The van der Waals surface area contributed by atoms with Crippen molar-refractivity contribution in [2.45, 2.75) is 6.42 Å². The van der Waals surface area contributed by atoms with Crippen LogP contribution in [-0.4, -0.2) is 37.2 Å². The number of methoxy groups -OCH3 is 3. The number of ether oxygens (including phenoxy) is 3. The molecule has 0 unspecified atom stereocenters. The van der Waals surface area contributed by atoms with Gasteiger partial charge in [-0.3, -0.25) is 4.79 Å². The number of hydrogen-bond acceptors (Lipinski definition) is 8. The molecule has 9 nitrogen and oxygen atoms in total. The average molecular weight is 333 g/mol. The number of aromatic nitrogens is 2. The Balaban J connectivity index is 2.23. The first-order chi connectivity index (χ1) is 11.5. The lowest BCUT2D eigenvalue weighted by atomic mass is 10.1. The van der Waals surface area contributed by atoms with Gasteiger partial charge in [0.05, 0.1) is 27.8 Å². The van der Waals surface area contributed by atoms with Gasteiger partial charge in [-0.15, -0.1) is 0 Å². The van der Waals surface area contributed by atoms with E-state index in [9.17, 15) is 4.79 Å². The van der Waals surface area contributed by atoms with E-state index in [1.807, 2.05) is 0 Å². The molecule has 0 aliphatic heterocycles. The van der Waals surface area contributed by atoms with Crippen molar-refractivity contribution in [2.24, 2.45) is 0 Å². The third kappa shape index (κ3) is 3.57. The van der Waals surface area contributed by atoms with Gasteiger partial charge in [0.15, 0.2) is 23.1 Å². The van der Waals surface area contributed by atoms with Gasteiger partial charge in [-0.25, -0.2) is 9.97 Å². The lowest BCUT2D eigenvalue weighted by molar-refractivity contribution is -0.115. The van der Waals surface area contributed by atoms with Gasteiger partial charge < -0.3 is 31.0 Å². The molecule has 128 valence electrons. The topological polar surface area (TPSA) is 135 Å². The fourth-order valence-corrected chi connectivity index (χ4v) is 2.15. The van der Waals surface area contributed by atoms with Crippen LogP contribution < -0.4 is 31.0 Å². The molecule has 0 atom stereocenters. The molecule has 2 rings (SSSR count). The average Bonchev–Trinajstić information content (AvgIpc) is 2.57. The van der Waals surface area contributed by atoms with E-state index in [0.29, 0.717) is 22.8 Å². The van der Waals surface area contributed by atoms with E-state index in [0.717, 1.165) is 0 Å². The van der Waals surface area contributed by atoms with Gasteiger partial charge in [-0.1, -0.05) is 0 Å². The van der Waals surface area contributed by atoms with E-state index in [-0.39, 0.29) is 29.7 Å². The van der Waals surface area contributed by atoms with Gasteiger partial charge in [-0.05, 0) is 17.7 Å². The van der Waals surface area contributed by atoms with Gasteiger partial charge in [-0.2, -0.15) is 0 Å². The predicted octanol–water partition coefficient (Wildman–Crippen LogP) is 0.848. The summed E-state index contributed by atoms with van der Waals surface area (Å²) in [4.78, 5) is 19.8. The maximum Gasteiger partial charge on any atom is 0.229 e. The minimum Gasteiger partial charge on any atom is -0.493 e. The molecule has 1 aromatic carbocycles. The Labute approximate surface area is 138 Å². The minimum atomic E-state index is -0.336. The number of anilines is 3. The van der Waals surface area contributed by atoms with E-state index in [4.69, 9.17) is 25.7 Å². The van der Waals surface area contributed by atoms with Crippen molar-refractivity contribution in [2.75, 3.05) is 38.1 Å². The van der Waals surface area contributed by atoms with Gasteiger partial charge in [0.1, 0.15) is 12.0 Å². The van der Waals surface area contributed by atoms with Crippen molar-refractivity contribution < 1.29 is 19.0 Å². The Hall–Kier alpha value is -3.23. The highest BCUT2D eigenvalue weighted by atomic mass is 16.5. The van der Waals surface area contributed by atoms with E-state index >= 15 is 0 Å². The van der Waals surface area contributed by atoms with Crippen LogP contribution >= 0.6 is 0 Å². The summed E-state index contributed by atoms with van der Waals surface area (Å²) in [5, 5.41) is 2.60. The highest BCUT2D eigenvalue weighted by molar-refractivity contribution is 5.97. The number of hydrogen-bond donors (Lipinski definition) is 3. The molecule has 0 aliphatic rings. The number of nitrogen functional groups attached to an aromatic ring is 2. The maximum absolute atomic E-state index is 12.2. The summed E-state index contributed by atoms with van der Waals surface area (Å²) >= 11 is 0. The molecule has 24 heavy (non-hydrogen) atoms. The Kier molecular flexibility index (Phi) is 5.25. The molecule has 1 aromatic heterocycles. The Morgan fingerprint density at radius 1 is 1.04 bits per heavy atom. The standard InChI is InChI=1S/C15H19N5O4/c1-22-9-4-8(5-10(23-2)13(9)24-3)6-11(21)20-12-14(16)18-7-19-15(12)17/h4-5,7H,6H2,1-3H3,(H,20,21)(H4,16,17,18,19). The second-order valence-electron chi connectivity index (χ2n) is 4.78. The molecule has 0 saturated carbocycles. The molecule has 9 heteroatoms. The number of carbonyl (C=O) groups excluding carboxylic acids is 1. The number of benzene rings is 1. The van der Waals surface area contributed by atoms with E-state index < -0.39 is 0 Å². The van der Waals surface area contributed by atoms with Crippen molar-refractivity contribution in [3.8, 4) is 17.2 Å². The molecule has 0 aliphatic carbocycles. The first-order valence-corrected chi connectivity index (χ1v) is 6.94. The van der Waals surface area contributed by atoms with Gasteiger partial charge in [0.2, 0.25) is 11.7 Å². The first-order valence-electron chi connectivity index (χ1n) is 6.94. The number of nitrogens with zero attached hydrogens (tertiary/aromatic N) is 2. The van der Waals surface area contributed by atoms with Crippen LogP contribution in [0.3, 0.4) is 0 Å². The van der Waals surface area contributed by atoms with E-state index in [1.54, 1.807) is 12.1 Å². The number of nitrogens with one attached hydrogen (secondary N) is 1. The number of nitrogens with two attached hydrogens (primary N) is 2. The van der Waals surface area contributed by atoms with Gasteiger partial charge in [0.25, 0.3) is 0 Å². The Bertz CT molecular complexity index is 705. The summed E-state index contributed by atoms with van der Waals surface area (Å²) < 4.78 is 15.8. The zero-order valence-corrected chi connectivity index (χ0v) is 13.6. The zero-order valence-electron chi connectivity index (χ0n) is 13.6. The van der Waals surface area contributed by atoms with E-state index in [2.05, 4.69) is 15.3 Å². The Morgan fingerprint density at radius 2 is 1.58 bits per heavy atom. The molecular formula is C15H19N5O4. The van der Waals surface area contributed by atoms with Crippen molar-refractivity contribution in [3.05, 3.63) is 24.0 Å². The first kappa shape index (κ1) is 17.1. The second kappa shape index (κ2) is 7.36. The highest BCUT2D eigenvalue weighted by Gasteiger charge is 2.16. The number of amides is 1. The molecule has 0 bridgehead atoms. The summed E-state index contributed by atoms with van der Waals surface area (Å²) in [6.07, 6.45) is 1.27. The fraction of sp³-hybridized carbons (Fsp3) is 0.267. The summed E-state index contributed by atoms with van der Waals surface area (Å²) in [7, 11) is 4.52. The van der Waals surface area contributed by atoms with Crippen LogP contribution in [0.1, 0.15) is 5.56 Å². The fourth-order valence-electron chi connectivity index (χ4n) is 2.15. The lowest BCUT2D eigenvalue weighted by Crippen LogP contribution is -2.18. The zero-order chi connectivity index (χ0) is 17.7. The van der Waals surface area contributed by atoms with Crippen molar-refractivity contribution in [3.63, 3.8) is 0 Å². The smallest absolute Gasteiger partial charge is 0.229 e. The molecule has 2 aromatic rings. The van der Waals surface area contributed by atoms with Crippen molar-refractivity contribution in [1.82, 2.24) is 9.97 Å². The summed E-state index contributed by atoms with van der Waals surface area (Å²) in [5.74, 6) is 1.23. The third-order valence-corrected chi connectivity index (χ3v) is 3.26. The normalized spacial score (nSPS) is 10.1. The van der Waals surface area contributed by atoms with Crippen LogP contribution in [0.4, 0.5) is 17.3 Å². The summed E-state index contributed by atoms with van der Waals surface area (Å²) in [6.45, 7) is 0. The molecule has 5 N–H and O–H groups in total. The molecular weight excluding hydrogens is 314 g/mol. The molecule has 1 amide bonds. The van der Waals surface area contributed by atoms with Crippen LogP contribution in [0.15, 0.2) is 18.5 Å². The number of rotatable bonds is 6. The predicted molar refractivity (Wildman–Crippen MR) is 89.3 cm³/mol. The second-order valence-corrected chi connectivity index (χ2v) is 4.78. The Morgan fingerprint density at radius 3 is 2.04 bits per heavy atom. The number of carbonyl (C=O) groups is 1. The van der Waals surface area contributed by atoms with Crippen LogP contribution in [-0.2, 0) is 11.2 Å². The van der Waals surface area contributed by atoms with E-state index in [1.165, 1.54) is 27.7 Å². The van der Waals surface area contributed by atoms with Crippen LogP contribution in [0.5, 0.6) is 17.2 Å². The van der Waals surface area contributed by atoms with Gasteiger partial charge in [0, 0.05) is 0 Å². The summed E-state index contributed by atoms with van der Waals surface area (Å²) in [5.41, 5.74) is 12.2. The quantitative estimate of drug-likeness (QED) is 0.708.